The predicted octanol–water partition coefficient (Wildman–Crippen LogP) is 2.03. The van der Waals surface area contributed by atoms with Crippen LogP contribution in [0.4, 0.5) is 13.2 Å². The SMILES string of the molecule is CNC1(C)CCN(CCCOCC(F)(F)F)CC1. The fraction of sp³-hybridized carbons (Fsp3) is 1.00. The van der Waals surface area contributed by atoms with E-state index in [0.717, 1.165) is 32.5 Å². The molecule has 0 spiro atoms. The van der Waals surface area contributed by atoms with Gasteiger partial charge in [-0.05, 0) is 46.3 Å². The van der Waals surface area contributed by atoms with Crippen LogP contribution < -0.4 is 5.32 Å². The molecule has 1 N–H and O–H groups in total. The van der Waals surface area contributed by atoms with Gasteiger partial charge in [-0.25, -0.2) is 0 Å². The zero-order valence-electron chi connectivity index (χ0n) is 11.1. The fourth-order valence-electron chi connectivity index (χ4n) is 2.10. The van der Waals surface area contributed by atoms with Crippen LogP contribution in [0, 0.1) is 0 Å². The Hall–Kier alpha value is -0.330. The van der Waals surface area contributed by atoms with Gasteiger partial charge < -0.3 is 15.0 Å². The van der Waals surface area contributed by atoms with Crippen molar-refractivity contribution in [3.63, 3.8) is 0 Å². The molecule has 0 amide bonds. The monoisotopic (exact) mass is 268 g/mol. The van der Waals surface area contributed by atoms with E-state index < -0.39 is 12.8 Å². The Kier molecular flexibility index (Phi) is 5.88. The topological polar surface area (TPSA) is 24.5 Å². The molecule has 6 heteroatoms. The van der Waals surface area contributed by atoms with Gasteiger partial charge in [0.1, 0.15) is 6.61 Å². The van der Waals surface area contributed by atoms with Crippen molar-refractivity contribution in [1.29, 1.82) is 0 Å². The van der Waals surface area contributed by atoms with Crippen molar-refractivity contribution >= 4 is 0 Å². The Balaban J connectivity index is 2.05. The second-order valence-corrected chi connectivity index (χ2v) is 5.17. The maximum Gasteiger partial charge on any atom is 0.411 e. The van der Waals surface area contributed by atoms with E-state index >= 15 is 0 Å². The highest BCUT2D eigenvalue weighted by Gasteiger charge is 2.28. The van der Waals surface area contributed by atoms with E-state index in [2.05, 4.69) is 21.9 Å². The largest absolute Gasteiger partial charge is 0.411 e. The van der Waals surface area contributed by atoms with Crippen LogP contribution in [0.3, 0.4) is 0 Å². The summed E-state index contributed by atoms with van der Waals surface area (Å²) in [7, 11) is 1.97. The first-order valence-electron chi connectivity index (χ1n) is 6.40. The van der Waals surface area contributed by atoms with E-state index in [0.29, 0.717) is 6.42 Å². The van der Waals surface area contributed by atoms with Gasteiger partial charge in [-0.3, -0.25) is 0 Å². The third-order valence-electron chi connectivity index (χ3n) is 3.59. The Morgan fingerprint density at radius 3 is 2.39 bits per heavy atom. The number of likely N-dealkylation sites (tertiary alicyclic amines) is 1. The second-order valence-electron chi connectivity index (χ2n) is 5.17. The first-order valence-corrected chi connectivity index (χ1v) is 6.40. The molecule has 0 bridgehead atoms. The van der Waals surface area contributed by atoms with Gasteiger partial charge in [0, 0.05) is 18.7 Å². The van der Waals surface area contributed by atoms with Crippen LogP contribution in [0.5, 0.6) is 0 Å². The third kappa shape index (κ3) is 6.02. The number of nitrogens with zero attached hydrogens (tertiary/aromatic N) is 1. The van der Waals surface area contributed by atoms with E-state index in [1.807, 2.05) is 7.05 Å². The number of hydrogen-bond acceptors (Lipinski definition) is 3. The van der Waals surface area contributed by atoms with Gasteiger partial charge in [-0.15, -0.1) is 0 Å². The summed E-state index contributed by atoms with van der Waals surface area (Å²) in [6, 6.07) is 0. The molecule has 0 radical (unpaired) electrons. The molecule has 0 aromatic rings. The third-order valence-corrected chi connectivity index (χ3v) is 3.59. The lowest BCUT2D eigenvalue weighted by atomic mass is 9.90. The van der Waals surface area contributed by atoms with Crippen LogP contribution >= 0.6 is 0 Å². The van der Waals surface area contributed by atoms with Crippen molar-refractivity contribution in [3.05, 3.63) is 0 Å². The Morgan fingerprint density at radius 2 is 1.89 bits per heavy atom. The molecule has 1 rings (SSSR count). The van der Waals surface area contributed by atoms with E-state index in [1.165, 1.54) is 0 Å². The summed E-state index contributed by atoms with van der Waals surface area (Å²) in [5, 5.41) is 3.32. The maximum atomic E-state index is 11.8. The molecular weight excluding hydrogens is 245 g/mol. The first kappa shape index (κ1) is 15.7. The van der Waals surface area contributed by atoms with E-state index in [-0.39, 0.29) is 12.1 Å². The number of halogens is 3. The minimum absolute atomic E-state index is 0.180. The summed E-state index contributed by atoms with van der Waals surface area (Å²) in [5.41, 5.74) is 0.212. The summed E-state index contributed by atoms with van der Waals surface area (Å²) in [6.07, 6.45) is -1.40. The lowest BCUT2D eigenvalue weighted by Crippen LogP contribution is -2.50. The van der Waals surface area contributed by atoms with Crippen molar-refractivity contribution in [2.75, 3.05) is 39.9 Å². The Labute approximate surface area is 107 Å². The van der Waals surface area contributed by atoms with Crippen molar-refractivity contribution < 1.29 is 17.9 Å². The molecule has 1 saturated heterocycles. The number of alkyl halides is 3. The average Bonchev–Trinajstić information content (AvgIpc) is 2.30. The highest BCUT2D eigenvalue weighted by Crippen LogP contribution is 2.21. The lowest BCUT2D eigenvalue weighted by molar-refractivity contribution is -0.174. The van der Waals surface area contributed by atoms with Gasteiger partial charge in [0.05, 0.1) is 0 Å². The molecule has 108 valence electrons. The number of rotatable bonds is 6. The summed E-state index contributed by atoms with van der Waals surface area (Å²) < 4.78 is 40.0. The molecule has 0 aromatic carbocycles. The maximum absolute atomic E-state index is 11.8. The molecule has 0 saturated carbocycles. The van der Waals surface area contributed by atoms with E-state index in [1.54, 1.807) is 0 Å². The van der Waals surface area contributed by atoms with Crippen molar-refractivity contribution in [1.82, 2.24) is 10.2 Å². The molecule has 0 unspecified atom stereocenters. The first-order chi connectivity index (χ1) is 8.35. The van der Waals surface area contributed by atoms with Crippen LogP contribution in [0.25, 0.3) is 0 Å². The van der Waals surface area contributed by atoms with Crippen LogP contribution in [0.15, 0.2) is 0 Å². The van der Waals surface area contributed by atoms with Crippen LogP contribution in [0.1, 0.15) is 26.2 Å². The molecule has 0 aromatic heterocycles. The normalized spacial score (nSPS) is 21.2. The smallest absolute Gasteiger partial charge is 0.372 e. The zero-order chi connectivity index (χ0) is 13.6. The number of ether oxygens (including phenoxy) is 1. The molecule has 3 nitrogen and oxygen atoms in total. The lowest BCUT2D eigenvalue weighted by Gasteiger charge is -2.39. The Morgan fingerprint density at radius 1 is 1.28 bits per heavy atom. The summed E-state index contributed by atoms with van der Waals surface area (Å²) in [4.78, 5) is 2.29. The standard InChI is InChI=1S/C12H23F3N2O/c1-11(16-2)4-7-17(8-5-11)6-3-9-18-10-12(13,14)15/h16H,3-10H2,1-2H3. The minimum Gasteiger partial charge on any atom is -0.372 e. The molecule has 1 aliphatic rings. The van der Waals surface area contributed by atoms with Crippen molar-refractivity contribution in [2.45, 2.75) is 37.9 Å². The van der Waals surface area contributed by atoms with Crippen LogP contribution in [0.2, 0.25) is 0 Å². The molecular formula is C12H23F3N2O. The Bertz CT molecular complexity index is 238. The molecule has 1 aliphatic heterocycles. The molecule has 1 fully saturated rings. The minimum atomic E-state index is -4.21. The highest BCUT2D eigenvalue weighted by molar-refractivity contribution is 4.87. The summed E-state index contributed by atoms with van der Waals surface area (Å²) >= 11 is 0. The van der Waals surface area contributed by atoms with Gasteiger partial charge in [0.25, 0.3) is 0 Å². The summed E-state index contributed by atoms with van der Waals surface area (Å²) in [5.74, 6) is 0. The van der Waals surface area contributed by atoms with Gasteiger partial charge in [-0.2, -0.15) is 13.2 Å². The van der Waals surface area contributed by atoms with Crippen molar-refractivity contribution in [3.8, 4) is 0 Å². The number of nitrogens with one attached hydrogen (secondary N) is 1. The highest BCUT2D eigenvalue weighted by atomic mass is 19.4. The van der Waals surface area contributed by atoms with Crippen LogP contribution in [-0.2, 0) is 4.74 Å². The van der Waals surface area contributed by atoms with Gasteiger partial charge in [0.2, 0.25) is 0 Å². The van der Waals surface area contributed by atoms with Crippen molar-refractivity contribution in [2.24, 2.45) is 0 Å². The summed E-state index contributed by atoms with van der Waals surface area (Å²) in [6.45, 7) is 4.06. The van der Waals surface area contributed by atoms with Gasteiger partial charge >= 0.3 is 6.18 Å². The van der Waals surface area contributed by atoms with E-state index in [9.17, 15) is 13.2 Å². The predicted molar refractivity (Wildman–Crippen MR) is 64.6 cm³/mol. The van der Waals surface area contributed by atoms with Crippen LogP contribution in [-0.4, -0.2) is 56.5 Å². The zero-order valence-corrected chi connectivity index (χ0v) is 11.1. The second kappa shape index (κ2) is 6.73. The molecule has 0 atom stereocenters. The number of hydrogen-bond donors (Lipinski definition) is 1. The van der Waals surface area contributed by atoms with Gasteiger partial charge in [0.15, 0.2) is 0 Å². The molecule has 0 aliphatic carbocycles. The molecule has 18 heavy (non-hydrogen) atoms. The quantitative estimate of drug-likeness (QED) is 0.746. The van der Waals surface area contributed by atoms with Gasteiger partial charge in [-0.1, -0.05) is 0 Å². The fourth-order valence-corrected chi connectivity index (χ4v) is 2.10. The average molecular weight is 268 g/mol. The molecule has 1 heterocycles. The number of piperidine rings is 1. The van der Waals surface area contributed by atoms with E-state index in [4.69, 9.17) is 0 Å².